The minimum Gasteiger partial charge on any atom is -0.295 e. The average molecular weight is 278 g/mol. The Kier molecular flexibility index (Phi) is 3.06. The largest absolute Gasteiger partial charge is 0.416 e. The smallest absolute Gasteiger partial charge is 0.295 e. The average Bonchev–Trinajstić information content (AvgIpc) is 2.52. The summed E-state index contributed by atoms with van der Waals surface area (Å²) in [6.07, 6.45) is -4.60. The molecule has 0 aliphatic carbocycles. The van der Waals surface area contributed by atoms with Crippen LogP contribution in [0.3, 0.4) is 0 Å². The Bertz CT molecular complexity index is 515. The second-order valence-electron chi connectivity index (χ2n) is 3.82. The molecule has 1 N–H and O–H groups in total. The first kappa shape index (κ1) is 12.9. The molecule has 2 unspecified atom stereocenters. The molecule has 0 radical (unpaired) electrons. The van der Waals surface area contributed by atoms with Crippen LogP contribution in [-0.2, 0) is 15.8 Å². The molecule has 1 aromatic rings. The van der Waals surface area contributed by atoms with Gasteiger partial charge >= 0.3 is 6.18 Å². The zero-order valence-electron chi connectivity index (χ0n) is 8.79. The fourth-order valence-electron chi connectivity index (χ4n) is 1.88. The lowest BCUT2D eigenvalue weighted by Crippen LogP contribution is -2.22. The number of halogens is 4. The predicted molar refractivity (Wildman–Crippen MR) is 57.0 cm³/mol. The van der Waals surface area contributed by atoms with Gasteiger partial charge in [-0.05, 0) is 11.6 Å². The Balaban J connectivity index is 2.52. The van der Waals surface area contributed by atoms with Crippen LogP contribution in [-0.4, -0.2) is 17.2 Å². The van der Waals surface area contributed by atoms with Crippen molar-refractivity contribution in [2.75, 3.05) is 0 Å². The van der Waals surface area contributed by atoms with Crippen LogP contribution >= 0.6 is 11.6 Å². The highest BCUT2D eigenvalue weighted by Gasteiger charge is 2.45. The highest BCUT2D eigenvalue weighted by atomic mass is 35.5. The fraction of sp³-hybridized carbons (Fsp3) is 0.273. The molecule has 0 bridgehead atoms. The van der Waals surface area contributed by atoms with E-state index in [0.29, 0.717) is 0 Å². The summed E-state index contributed by atoms with van der Waals surface area (Å²) in [4.78, 5) is 22.7. The van der Waals surface area contributed by atoms with Gasteiger partial charge in [0.25, 0.3) is 0 Å². The zero-order chi connectivity index (χ0) is 13.5. The van der Waals surface area contributed by atoms with E-state index in [1.165, 1.54) is 12.1 Å². The molecule has 7 heteroatoms. The quantitative estimate of drug-likeness (QED) is 0.631. The summed E-state index contributed by atoms with van der Waals surface area (Å²) in [7, 11) is 0. The van der Waals surface area contributed by atoms with E-state index in [1.807, 2.05) is 5.32 Å². The second-order valence-corrected chi connectivity index (χ2v) is 4.29. The van der Waals surface area contributed by atoms with Gasteiger partial charge in [-0.3, -0.25) is 14.9 Å². The fourth-order valence-corrected chi connectivity index (χ4v) is 2.18. The molecule has 3 nitrogen and oxygen atoms in total. The van der Waals surface area contributed by atoms with Gasteiger partial charge in [0, 0.05) is 0 Å². The Labute approximate surface area is 105 Å². The van der Waals surface area contributed by atoms with E-state index in [2.05, 4.69) is 0 Å². The molecule has 1 aromatic carbocycles. The Morgan fingerprint density at radius 3 is 2.22 bits per heavy atom. The van der Waals surface area contributed by atoms with Crippen LogP contribution in [0.5, 0.6) is 0 Å². The molecule has 0 saturated carbocycles. The molecule has 0 spiro atoms. The van der Waals surface area contributed by atoms with E-state index in [9.17, 15) is 22.8 Å². The molecule has 18 heavy (non-hydrogen) atoms. The summed E-state index contributed by atoms with van der Waals surface area (Å²) in [5, 5.41) is 0.598. The molecule has 1 saturated heterocycles. The summed E-state index contributed by atoms with van der Waals surface area (Å²) >= 11 is 5.68. The Morgan fingerprint density at radius 2 is 1.72 bits per heavy atom. The molecule has 0 aromatic heterocycles. The van der Waals surface area contributed by atoms with Crippen LogP contribution in [0.4, 0.5) is 13.2 Å². The van der Waals surface area contributed by atoms with Gasteiger partial charge in [-0.15, -0.1) is 11.6 Å². The van der Waals surface area contributed by atoms with Crippen molar-refractivity contribution < 1.29 is 22.8 Å². The van der Waals surface area contributed by atoms with Gasteiger partial charge in [0.1, 0.15) is 5.38 Å². The molecule has 2 amide bonds. The van der Waals surface area contributed by atoms with E-state index >= 15 is 0 Å². The second kappa shape index (κ2) is 4.28. The van der Waals surface area contributed by atoms with E-state index < -0.39 is 34.8 Å². The molecule has 1 aliphatic rings. The lowest BCUT2D eigenvalue weighted by molar-refractivity contribution is -0.138. The number of alkyl halides is 4. The molecule has 2 rings (SSSR count). The molecule has 2 atom stereocenters. The monoisotopic (exact) mass is 277 g/mol. The predicted octanol–water partition coefficient (Wildman–Crippen LogP) is 2.05. The lowest BCUT2D eigenvalue weighted by atomic mass is 9.92. The van der Waals surface area contributed by atoms with Gasteiger partial charge in [0.15, 0.2) is 0 Å². The molecular weight excluding hydrogens is 271 g/mol. The third kappa shape index (κ3) is 2.08. The van der Waals surface area contributed by atoms with Gasteiger partial charge < -0.3 is 0 Å². The Hall–Kier alpha value is -1.56. The SMILES string of the molecule is O=C1NC(=O)C(c2ccccc2C(F)(F)F)C1Cl. The minimum absolute atomic E-state index is 0.284. The van der Waals surface area contributed by atoms with Crippen molar-refractivity contribution in [1.82, 2.24) is 5.32 Å². The maximum Gasteiger partial charge on any atom is 0.416 e. The molecule has 96 valence electrons. The van der Waals surface area contributed by atoms with Gasteiger partial charge in [0.05, 0.1) is 11.5 Å². The Morgan fingerprint density at radius 1 is 1.11 bits per heavy atom. The zero-order valence-corrected chi connectivity index (χ0v) is 9.55. The van der Waals surface area contributed by atoms with Crippen molar-refractivity contribution >= 4 is 23.4 Å². The third-order valence-electron chi connectivity index (χ3n) is 2.67. The van der Waals surface area contributed by atoms with Crippen LogP contribution < -0.4 is 5.32 Å². The van der Waals surface area contributed by atoms with E-state index in [-0.39, 0.29) is 5.56 Å². The summed E-state index contributed by atoms with van der Waals surface area (Å²) < 4.78 is 38.4. The van der Waals surface area contributed by atoms with Crippen LogP contribution in [0.1, 0.15) is 17.0 Å². The normalized spacial score (nSPS) is 24.2. The standard InChI is InChI=1S/C11H7ClF3NO2/c12-8-7(9(17)16-10(8)18)5-3-1-2-4-6(5)11(13,14)15/h1-4,7-8H,(H,16,17,18). The number of carbonyl (C=O) groups is 2. The molecular formula is C11H7ClF3NO2. The van der Waals surface area contributed by atoms with Gasteiger partial charge in [0.2, 0.25) is 11.8 Å². The number of benzene rings is 1. The number of imide groups is 1. The van der Waals surface area contributed by atoms with Crippen LogP contribution in [0.25, 0.3) is 0 Å². The highest BCUT2D eigenvalue weighted by molar-refractivity contribution is 6.37. The van der Waals surface area contributed by atoms with Crippen molar-refractivity contribution in [3.8, 4) is 0 Å². The summed E-state index contributed by atoms with van der Waals surface area (Å²) in [6, 6.07) is 4.59. The van der Waals surface area contributed by atoms with E-state index in [0.717, 1.165) is 12.1 Å². The van der Waals surface area contributed by atoms with E-state index in [4.69, 9.17) is 11.6 Å². The van der Waals surface area contributed by atoms with Crippen molar-refractivity contribution in [2.45, 2.75) is 17.5 Å². The van der Waals surface area contributed by atoms with Crippen LogP contribution in [0.2, 0.25) is 0 Å². The summed E-state index contributed by atoms with van der Waals surface area (Å²) in [6.45, 7) is 0. The number of hydrogen-bond donors (Lipinski definition) is 1. The van der Waals surface area contributed by atoms with Crippen LogP contribution in [0, 0.1) is 0 Å². The third-order valence-corrected chi connectivity index (χ3v) is 3.12. The summed E-state index contributed by atoms with van der Waals surface area (Å²) in [5.74, 6) is -2.89. The van der Waals surface area contributed by atoms with Crippen molar-refractivity contribution in [1.29, 1.82) is 0 Å². The minimum atomic E-state index is -4.60. The van der Waals surface area contributed by atoms with Gasteiger partial charge in [-0.2, -0.15) is 13.2 Å². The number of hydrogen-bond acceptors (Lipinski definition) is 2. The number of amides is 2. The van der Waals surface area contributed by atoms with Crippen molar-refractivity contribution in [2.24, 2.45) is 0 Å². The maximum absolute atomic E-state index is 12.8. The highest BCUT2D eigenvalue weighted by Crippen LogP contribution is 2.38. The first-order valence-corrected chi connectivity index (χ1v) is 5.41. The topological polar surface area (TPSA) is 46.2 Å². The summed E-state index contributed by atoms with van der Waals surface area (Å²) in [5.41, 5.74) is -1.24. The lowest BCUT2D eigenvalue weighted by Gasteiger charge is -2.17. The van der Waals surface area contributed by atoms with Gasteiger partial charge in [-0.1, -0.05) is 18.2 Å². The number of carbonyl (C=O) groups excluding carboxylic acids is 2. The maximum atomic E-state index is 12.8. The van der Waals surface area contributed by atoms with Crippen molar-refractivity contribution in [3.63, 3.8) is 0 Å². The van der Waals surface area contributed by atoms with E-state index in [1.54, 1.807) is 0 Å². The first-order valence-electron chi connectivity index (χ1n) is 4.97. The first-order chi connectivity index (χ1) is 8.32. The van der Waals surface area contributed by atoms with Gasteiger partial charge in [-0.25, -0.2) is 0 Å². The van der Waals surface area contributed by atoms with Crippen molar-refractivity contribution in [3.05, 3.63) is 35.4 Å². The molecule has 1 fully saturated rings. The number of rotatable bonds is 1. The number of nitrogens with one attached hydrogen (secondary N) is 1. The van der Waals surface area contributed by atoms with Crippen LogP contribution in [0.15, 0.2) is 24.3 Å². The molecule has 1 heterocycles. The molecule has 1 aliphatic heterocycles.